The van der Waals surface area contributed by atoms with Gasteiger partial charge in [-0.15, -0.1) is 0 Å². The molecule has 0 bridgehead atoms. The van der Waals surface area contributed by atoms with Crippen molar-refractivity contribution < 1.29 is 4.74 Å². The third-order valence-corrected chi connectivity index (χ3v) is 3.36. The summed E-state index contributed by atoms with van der Waals surface area (Å²) in [6.07, 6.45) is 6.28. The van der Waals surface area contributed by atoms with Gasteiger partial charge in [0.1, 0.15) is 5.82 Å². The number of rotatable bonds is 5. The molecule has 1 aromatic heterocycles. The zero-order valence-corrected chi connectivity index (χ0v) is 13.0. The molecule has 1 atom stereocenters. The molecule has 1 aromatic rings. The van der Waals surface area contributed by atoms with Gasteiger partial charge in [0.25, 0.3) is 0 Å². The van der Waals surface area contributed by atoms with E-state index in [0.29, 0.717) is 6.10 Å². The summed E-state index contributed by atoms with van der Waals surface area (Å²) in [6.45, 7) is 8.94. The maximum Gasteiger partial charge on any atom is 0.147 e. The summed E-state index contributed by atoms with van der Waals surface area (Å²) in [5.41, 5.74) is 1.05. The molecule has 5 heteroatoms. The van der Waals surface area contributed by atoms with Crippen LogP contribution in [0.2, 0.25) is 0 Å². The van der Waals surface area contributed by atoms with Crippen molar-refractivity contribution in [1.29, 1.82) is 0 Å². The van der Waals surface area contributed by atoms with Crippen molar-refractivity contribution in [3.05, 3.63) is 18.1 Å². The lowest BCUT2D eigenvalue weighted by molar-refractivity contribution is 0.116. The fourth-order valence-electron chi connectivity index (χ4n) is 2.21. The summed E-state index contributed by atoms with van der Waals surface area (Å²) in [4.78, 5) is 11.1. The van der Waals surface area contributed by atoms with Crippen LogP contribution in [-0.4, -0.2) is 41.8 Å². The number of nitrogens with zero attached hydrogens (tertiary/aromatic N) is 3. The minimum Gasteiger partial charge on any atom is -0.376 e. The predicted octanol–water partition coefficient (Wildman–Crippen LogP) is 1.98. The summed E-state index contributed by atoms with van der Waals surface area (Å²) in [5, 5.41) is 3.43. The number of anilines is 1. The molecule has 1 saturated heterocycles. The first-order chi connectivity index (χ1) is 9.44. The van der Waals surface area contributed by atoms with E-state index < -0.39 is 0 Å². The quantitative estimate of drug-likeness (QED) is 0.892. The molecule has 0 spiro atoms. The summed E-state index contributed by atoms with van der Waals surface area (Å²) >= 11 is 0. The van der Waals surface area contributed by atoms with Crippen LogP contribution < -0.4 is 10.2 Å². The van der Waals surface area contributed by atoms with Crippen LogP contribution in [0.25, 0.3) is 0 Å². The Morgan fingerprint density at radius 2 is 2.20 bits per heavy atom. The van der Waals surface area contributed by atoms with Crippen LogP contribution in [0, 0.1) is 0 Å². The van der Waals surface area contributed by atoms with Crippen LogP contribution in [-0.2, 0) is 11.3 Å². The fraction of sp³-hybridized carbons (Fsp3) is 0.733. The summed E-state index contributed by atoms with van der Waals surface area (Å²) in [5.74, 6) is 0.911. The molecule has 1 aliphatic heterocycles. The number of hydrogen-bond acceptors (Lipinski definition) is 5. The molecule has 0 aromatic carbocycles. The van der Waals surface area contributed by atoms with Crippen LogP contribution >= 0.6 is 0 Å². The van der Waals surface area contributed by atoms with Gasteiger partial charge in [-0.3, -0.25) is 4.98 Å². The monoisotopic (exact) mass is 278 g/mol. The normalized spacial score (nSPS) is 19.3. The topological polar surface area (TPSA) is 50.3 Å². The standard InChI is InChI=1S/C15H26N4O/c1-15(2,3)17-9-12-8-16-10-14(18-12)19(4)11-13-6-5-7-20-13/h8,10,13,17H,5-7,9,11H2,1-4H3. The van der Waals surface area contributed by atoms with Crippen molar-refractivity contribution in [3.8, 4) is 0 Å². The number of ether oxygens (including phenoxy) is 1. The Kier molecular flexibility index (Phi) is 4.94. The summed E-state index contributed by atoms with van der Waals surface area (Å²) < 4.78 is 5.67. The average Bonchev–Trinajstić information content (AvgIpc) is 2.89. The molecule has 20 heavy (non-hydrogen) atoms. The number of hydrogen-bond donors (Lipinski definition) is 1. The molecule has 0 saturated carbocycles. The van der Waals surface area contributed by atoms with Gasteiger partial charge < -0.3 is 15.0 Å². The molecule has 2 rings (SSSR count). The Morgan fingerprint density at radius 3 is 2.85 bits per heavy atom. The van der Waals surface area contributed by atoms with E-state index in [1.165, 1.54) is 6.42 Å². The number of likely N-dealkylation sites (N-methyl/N-ethyl adjacent to an activating group) is 1. The number of nitrogens with one attached hydrogen (secondary N) is 1. The molecule has 5 nitrogen and oxygen atoms in total. The third-order valence-electron chi connectivity index (χ3n) is 3.36. The zero-order valence-electron chi connectivity index (χ0n) is 13.0. The first kappa shape index (κ1) is 15.2. The van der Waals surface area contributed by atoms with Gasteiger partial charge in [-0.25, -0.2) is 4.98 Å². The largest absolute Gasteiger partial charge is 0.376 e. The van der Waals surface area contributed by atoms with Gasteiger partial charge in [-0.2, -0.15) is 0 Å². The highest BCUT2D eigenvalue weighted by Crippen LogP contribution is 2.16. The van der Waals surface area contributed by atoms with Crippen LogP contribution in [0.15, 0.2) is 12.4 Å². The Morgan fingerprint density at radius 1 is 1.40 bits per heavy atom. The molecule has 1 unspecified atom stereocenters. The highest BCUT2D eigenvalue weighted by atomic mass is 16.5. The molecule has 2 heterocycles. The van der Waals surface area contributed by atoms with Crippen molar-refractivity contribution in [2.75, 3.05) is 25.1 Å². The maximum atomic E-state index is 5.67. The van der Waals surface area contributed by atoms with E-state index in [1.807, 2.05) is 19.4 Å². The second-order valence-corrected chi connectivity index (χ2v) is 6.49. The van der Waals surface area contributed by atoms with E-state index >= 15 is 0 Å². The molecule has 1 aliphatic rings. The SMILES string of the molecule is CN(CC1CCCO1)c1cncc(CNC(C)(C)C)n1. The van der Waals surface area contributed by atoms with E-state index in [2.05, 4.69) is 41.0 Å². The maximum absolute atomic E-state index is 5.67. The molecule has 112 valence electrons. The van der Waals surface area contributed by atoms with Crippen molar-refractivity contribution in [1.82, 2.24) is 15.3 Å². The first-order valence-electron chi connectivity index (χ1n) is 7.33. The first-order valence-corrected chi connectivity index (χ1v) is 7.33. The van der Waals surface area contributed by atoms with Gasteiger partial charge in [0, 0.05) is 38.5 Å². The molecule has 1 fully saturated rings. The second-order valence-electron chi connectivity index (χ2n) is 6.49. The van der Waals surface area contributed by atoms with Crippen molar-refractivity contribution >= 4 is 5.82 Å². The van der Waals surface area contributed by atoms with E-state index in [0.717, 1.165) is 37.6 Å². The highest BCUT2D eigenvalue weighted by Gasteiger charge is 2.18. The van der Waals surface area contributed by atoms with Gasteiger partial charge in [-0.05, 0) is 33.6 Å². The predicted molar refractivity (Wildman–Crippen MR) is 80.9 cm³/mol. The van der Waals surface area contributed by atoms with Gasteiger partial charge in [-0.1, -0.05) is 0 Å². The fourth-order valence-corrected chi connectivity index (χ4v) is 2.21. The highest BCUT2D eigenvalue weighted by molar-refractivity contribution is 5.35. The van der Waals surface area contributed by atoms with Crippen molar-refractivity contribution in [3.63, 3.8) is 0 Å². The third kappa shape index (κ3) is 4.72. The van der Waals surface area contributed by atoms with E-state index in [-0.39, 0.29) is 5.54 Å². The lowest BCUT2D eigenvalue weighted by Crippen LogP contribution is -2.35. The Balaban J connectivity index is 1.93. The van der Waals surface area contributed by atoms with E-state index in [9.17, 15) is 0 Å². The van der Waals surface area contributed by atoms with Crippen LogP contribution in [0.3, 0.4) is 0 Å². The van der Waals surface area contributed by atoms with Gasteiger partial charge in [0.15, 0.2) is 0 Å². The van der Waals surface area contributed by atoms with E-state index in [4.69, 9.17) is 4.74 Å². The van der Waals surface area contributed by atoms with Crippen LogP contribution in [0.4, 0.5) is 5.82 Å². The molecule has 1 N–H and O–H groups in total. The van der Waals surface area contributed by atoms with E-state index in [1.54, 1.807) is 0 Å². The molecule has 0 amide bonds. The molecule has 0 aliphatic carbocycles. The Hall–Kier alpha value is -1.20. The average molecular weight is 278 g/mol. The second kappa shape index (κ2) is 6.50. The van der Waals surface area contributed by atoms with Gasteiger partial charge in [0.2, 0.25) is 0 Å². The van der Waals surface area contributed by atoms with Crippen LogP contribution in [0.5, 0.6) is 0 Å². The zero-order chi connectivity index (χ0) is 14.6. The lowest BCUT2D eigenvalue weighted by atomic mass is 10.1. The Labute approximate surface area is 121 Å². The summed E-state index contributed by atoms with van der Waals surface area (Å²) in [7, 11) is 2.05. The minimum atomic E-state index is 0.0846. The number of aromatic nitrogens is 2. The van der Waals surface area contributed by atoms with Crippen molar-refractivity contribution in [2.24, 2.45) is 0 Å². The summed E-state index contributed by atoms with van der Waals surface area (Å²) in [6, 6.07) is 0. The molecule has 0 radical (unpaired) electrons. The van der Waals surface area contributed by atoms with Crippen molar-refractivity contribution in [2.45, 2.75) is 51.8 Å². The lowest BCUT2D eigenvalue weighted by Gasteiger charge is -2.23. The van der Waals surface area contributed by atoms with Gasteiger partial charge in [0.05, 0.1) is 18.0 Å². The van der Waals surface area contributed by atoms with Crippen LogP contribution in [0.1, 0.15) is 39.3 Å². The Bertz CT molecular complexity index is 424. The minimum absolute atomic E-state index is 0.0846. The smallest absolute Gasteiger partial charge is 0.147 e. The molecular formula is C15H26N4O. The van der Waals surface area contributed by atoms with Gasteiger partial charge >= 0.3 is 0 Å². The molecular weight excluding hydrogens is 252 g/mol.